The number of hydrogen-bond donors (Lipinski definition) is 0. The third-order valence-corrected chi connectivity index (χ3v) is 15.7. The van der Waals surface area contributed by atoms with Crippen molar-refractivity contribution in [1.29, 1.82) is 0 Å². The fourth-order valence-electron chi connectivity index (χ4n) is 4.48. The molecule has 200 valence electrons. The zero-order chi connectivity index (χ0) is 26.6. The second-order valence-electron chi connectivity index (χ2n) is 8.97. The molecule has 0 aliphatic rings. The van der Waals surface area contributed by atoms with Crippen LogP contribution in [0.5, 0.6) is 0 Å². The predicted molar refractivity (Wildman–Crippen MR) is 163 cm³/mol. The summed E-state index contributed by atoms with van der Waals surface area (Å²) in [6.45, 7) is 0. The van der Waals surface area contributed by atoms with E-state index in [0.29, 0.717) is 0 Å². The summed E-state index contributed by atoms with van der Waals surface area (Å²) in [5.74, 6) is -0.296. The summed E-state index contributed by atoms with van der Waals surface area (Å²) in [4.78, 5) is 0. The summed E-state index contributed by atoms with van der Waals surface area (Å²) in [6, 6.07) is 27.4. The molecule has 0 aliphatic carbocycles. The maximum Gasteiger partial charge on any atom is 0.139 e. The monoisotopic (exact) mass is 572 g/mol. The lowest BCUT2D eigenvalue weighted by atomic mass is 10.3. The van der Waals surface area contributed by atoms with Gasteiger partial charge in [-0.25, -0.2) is 0 Å². The Labute approximate surface area is 229 Å². The molecule has 0 radical (unpaired) electrons. The molecule has 3 aromatic rings. The average molecular weight is 573 g/mol. The first-order valence-electron chi connectivity index (χ1n) is 12.5. The minimum absolute atomic E-state index is 0.0987. The highest BCUT2D eigenvalue weighted by Gasteiger charge is 2.20. The van der Waals surface area contributed by atoms with Crippen molar-refractivity contribution >= 4 is 68.5 Å². The van der Waals surface area contributed by atoms with E-state index in [2.05, 4.69) is 72.8 Å². The second kappa shape index (κ2) is 15.6. The molecule has 0 aliphatic heterocycles. The van der Waals surface area contributed by atoms with Gasteiger partial charge in [-0.3, -0.25) is 0 Å². The summed E-state index contributed by atoms with van der Waals surface area (Å²) in [6.07, 6.45) is 0. The van der Waals surface area contributed by atoms with Crippen LogP contribution in [0.15, 0.2) is 72.8 Å². The third-order valence-electron chi connectivity index (χ3n) is 6.72. The van der Waals surface area contributed by atoms with E-state index in [-0.39, 0.29) is 17.7 Å². The van der Waals surface area contributed by atoms with E-state index in [1.165, 1.54) is 31.1 Å². The minimum Gasteiger partial charge on any atom is -0.360 e. The highest BCUT2D eigenvalue weighted by Crippen LogP contribution is 1.98. The molecule has 0 N–H and O–H groups in total. The second-order valence-corrected chi connectivity index (χ2v) is 17.5. The van der Waals surface area contributed by atoms with Gasteiger partial charge in [0.1, 0.15) is 55.1 Å². The number of hydrogen-bond acceptors (Lipinski definition) is 6. The van der Waals surface area contributed by atoms with Crippen molar-refractivity contribution in [3.05, 3.63) is 72.8 Å². The Bertz CT molecular complexity index is 901. The van der Waals surface area contributed by atoms with Crippen molar-refractivity contribution in [1.82, 2.24) is 0 Å². The summed E-state index contributed by atoms with van der Waals surface area (Å²) < 4.78 is 32.7. The van der Waals surface area contributed by atoms with Crippen LogP contribution in [-0.2, 0) is 28.4 Å². The Morgan fingerprint density at radius 3 is 0.811 bits per heavy atom. The maximum absolute atomic E-state index is 5.45. The van der Waals surface area contributed by atoms with Crippen molar-refractivity contribution < 1.29 is 28.4 Å². The molecule has 0 atom stereocenters. The topological polar surface area (TPSA) is 55.4 Å². The molecule has 6 nitrogen and oxygen atoms in total. The van der Waals surface area contributed by atoms with Crippen molar-refractivity contribution in [2.24, 2.45) is 0 Å². The average Bonchev–Trinajstić information content (AvgIpc) is 2.95. The first kappa shape index (κ1) is 29.8. The number of rotatable bonds is 15. The number of ether oxygens (including phenoxy) is 6. The molecule has 0 unspecified atom stereocenters. The SMILES string of the molecule is COC(OC)[SiH2]c1ccc([SiH](c2ccc([SiH2]C(OC)OC)cc2)c2ccc([SiH2]C(OC)OC)cc2)cc1. The van der Waals surface area contributed by atoms with Crippen molar-refractivity contribution in [2.45, 2.75) is 17.7 Å². The molecular formula is C27H40O6Si4. The van der Waals surface area contributed by atoms with Gasteiger partial charge in [0, 0.05) is 42.7 Å². The molecule has 0 aromatic heterocycles. The number of benzene rings is 3. The molecule has 0 saturated heterocycles. The molecule has 0 heterocycles. The summed E-state index contributed by atoms with van der Waals surface area (Å²) in [5, 5.41) is 8.21. The number of methoxy groups -OCH3 is 6. The van der Waals surface area contributed by atoms with Crippen LogP contribution in [-0.4, -0.2) is 97.8 Å². The summed E-state index contributed by atoms with van der Waals surface area (Å²) in [7, 11) is 6.57. The molecule has 10 heteroatoms. The van der Waals surface area contributed by atoms with E-state index in [4.69, 9.17) is 28.4 Å². The smallest absolute Gasteiger partial charge is 0.139 e. The van der Waals surface area contributed by atoms with Gasteiger partial charge in [-0.2, -0.15) is 0 Å². The van der Waals surface area contributed by atoms with Crippen LogP contribution >= 0.6 is 0 Å². The first-order chi connectivity index (χ1) is 18.0. The van der Waals surface area contributed by atoms with Gasteiger partial charge in [-0.1, -0.05) is 104 Å². The van der Waals surface area contributed by atoms with Crippen LogP contribution in [0.3, 0.4) is 0 Å². The maximum atomic E-state index is 5.45. The highest BCUT2D eigenvalue weighted by atomic mass is 28.3. The van der Waals surface area contributed by atoms with Crippen molar-refractivity contribution in [3.63, 3.8) is 0 Å². The first-order valence-corrected chi connectivity index (χ1v) is 18.8. The molecule has 0 spiro atoms. The zero-order valence-electron chi connectivity index (χ0n) is 22.8. The van der Waals surface area contributed by atoms with Crippen LogP contribution in [0, 0.1) is 0 Å². The third kappa shape index (κ3) is 8.65. The quantitative estimate of drug-likeness (QED) is 0.110. The Balaban J connectivity index is 1.91. The zero-order valence-corrected chi connectivity index (χ0v) is 28.2. The predicted octanol–water partition coefficient (Wildman–Crippen LogP) is -2.95. The van der Waals surface area contributed by atoms with E-state index < -0.39 is 37.4 Å². The van der Waals surface area contributed by atoms with Gasteiger partial charge in [0.15, 0.2) is 0 Å². The van der Waals surface area contributed by atoms with Gasteiger partial charge in [-0.15, -0.1) is 0 Å². The van der Waals surface area contributed by atoms with Crippen LogP contribution in [0.25, 0.3) is 0 Å². The van der Waals surface area contributed by atoms with Crippen LogP contribution < -0.4 is 31.1 Å². The summed E-state index contributed by atoms with van der Waals surface area (Å²) in [5.41, 5.74) is 0. The van der Waals surface area contributed by atoms with Gasteiger partial charge in [0.05, 0.1) is 0 Å². The highest BCUT2D eigenvalue weighted by molar-refractivity contribution is 6.95. The molecule has 0 fully saturated rings. The standard InChI is InChI=1S/C27H40O6Si4/c1-28-25(29-2)34-19-7-13-22(14-8-19)37(23-15-9-20(10-16-23)35-26(30-3)31-4)24-17-11-21(12-18-24)36-27(32-5)33-6/h7-18,25-27,37H,34-36H2,1-6H3. The van der Waals surface area contributed by atoms with E-state index in [9.17, 15) is 0 Å². The van der Waals surface area contributed by atoms with Gasteiger partial charge in [0.25, 0.3) is 0 Å². The van der Waals surface area contributed by atoms with Crippen LogP contribution in [0.4, 0.5) is 0 Å². The van der Waals surface area contributed by atoms with Crippen molar-refractivity contribution in [2.75, 3.05) is 42.7 Å². The Hall–Kier alpha value is -1.71. The Morgan fingerprint density at radius 2 is 0.622 bits per heavy atom. The van der Waals surface area contributed by atoms with Gasteiger partial charge in [0.2, 0.25) is 0 Å². The van der Waals surface area contributed by atoms with Gasteiger partial charge in [-0.05, 0) is 0 Å². The fraction of sp³-hybridized carbons (Fsp3) is 0.333. The largest absolute Gasteiger partial charge is 0.360 e. The minimum atomic E-state index is -1.66. The molecule has 3 rings (SSSR count). The molecule has 0 saturated carbocycles. The molecular weight excluding hydrogens is 533 g/mol. The molecule has 37 heavy (non-hydrogen) atoms. The summed E-state index contributed by atoms with van der Waals surface area (Å²) >= 11 is 0. The van der Waals surface area contributed by atoms with Crippen molar-refractivity contribution in [3.8, 4) is 0 Å². The molecule has 3 aromatic carbocycles. The Kier molecular flexibility index (Phi) is 12.6. The van der Waals surface area contributed by atoms with E-state index in [1.54, 1.807) is 42.7 Å². The van der Waals surface area contributed by atoms with Crippen LogP contribution in [0.1, 0.15) is 0 Å². The lowest BCUT2D eigenvalue weighted by molar-refractivity contribution is -0.0430. The molecule has 0 amide bonds. The normalized spacial score (nSPS) is 13.5. The molecule has 0 bridgehead atoms. The van der Waals surface area contributed by atoms with E-state index in [1.807, 2.05) is 0 Å². The van der Waals surface area contributed by atoms with Gasteiger partial charge < -0.3 is 28.4 Å². The van der Waals surface area contributed by atoms with E-state index >= 15 is 0 Å². The lowest BCUT2D eigenvalue weighted by Crippen LogP contribution is -2.53. The lowest BCUT2D eigenvalue weighted by Gasteiger charge is -2.20. The fourth-order valence-corrected chi connectivity index (χ4v) is 11.0. The Morgan fingerprint density at radius 1 is 0.405 bits per heavy atom. The van der Waals surface area contributed by atoms with Gasteiger partial charge >= 0.3 is 0 Å². The van der Waals surface area contributed by atoms with E-state index in [0.717, 1.165) is 0 Å². The van der Waals surface area contributed by atoms with Crippen LogP contribution in [0.2, 0.25) is 0 Å².